The Morgan fingerprint density at radius 2 is 1.75 bits per heavy atom. The molecular formula is C20H15F3N2O3. The molecular weight excluding hydrogens is 373 g/mol. The Balaban J connectivity index is 1.80. The van der Waals surface area contributed by atoms with Gasteiger partial charge in [-0.1, -0.05) is 24.3 Å². The molecule has 0 bridgehead atoms. The number of alkyl halides is 3. The summed E-state index contributed by atoms with van der Waals surface area (Å²) in [4.78, 5) is 24.3. The fourth-order valence-electron chi connectivity index (χ4n) is 3.51. The molecule has 0 heterocycles. The summed E-state index contributed by atoms with van der Waals surface area (Å²) in [5, 5.41) is 20.9. The maximum Gasteiger partial charge on any atom is 0.417 e. The van der Waals surface area contributed by atoms with Gasteiger partial charge in [-0.15, -0.1) is 0 Å². The van der Waals surface area contributed by atoms with Crippen molar-refractivity contribution in [3.05, 3.63) is 64.7 Å². The molecule has 1 aliphatic rings. The van der Waals surface area contributed by atoms with Crippen molar-refractivity contribution in [2.45, 2.75) is 25.4 Å². The van der Waals surface area contributed by atoms with Gasteiger partial charge < -0.3 is 10.4 Å². The summed E-state index contributed by atoms with van der Waals surface area (Å²) in [6.07, 6.45) is -4.78. The van der Waals surface area contributed by atoms with Crippen molar-refractivity contribution in [3.8, 4) is 6.07 Å². The first-order valence-corrected chi connectivity index (χ1v) is 8.36. The number of fused-ring (bicyclic) bond motifs is 1. The molecule has 0 unspecified atom stereocenters. The Morgan fingerprint density at radius 3 is 2.25 bits per heavy atom. The zero-order chi connectivity index (χ0) is 20.5. The first-order valence-electron chi connectivity index (χ1n) is 8.36. The van der Waals surface area contributed by atoms with Crippen molar-refractivity contribution in [1.29, 1.82) is 5.26 Å². The van der Waals surface area contributed by atoms with Crippen LogP contribution in [0.25, 0.3) is 0 Å². The van der Waals surface area contributed by atoms with E-state index in [-0.39, 0.29) is 24.9 Å². The van der Waals surface area contributed by atoms with Gasteiger partial charge >= 0.3 is 12.1 Å². The molecule has 0 saturated heterocycles. The van der Waals surface area contributed by atoms with Crippen LogP contribution in [0.1, 0.15) is 28.7 Å². The lowest BCUT2D eigenvalue weighted by Gasteiger charge is -2.23. The number of rotatable bonds is 4. The number of carboxylic acid groups (broad SMARTS) is 1. The average Bonchev–Trinajstić information content (AvgIpc) is 3.00. The molecule has 8 heteroatoms. The molecule has 3 rings (SSSR count). The fraction of sp³-hybridized carbons (Fsp3) is 0.250. The van der Waals surface area contributed by atoms with E-state index in [0.717, 1.165) is 17.2 Å². The largest absolute Gasteiger partial charge is 0.481 e. The first-order chi connectivity index (χ1) is 13.1. The highest BCUT2D eigenvalue weighted by Gasteiger charge is 2.45. The summed E-state index contributed by atoms with van der Waals surface area (Å²) in [5.74, 6) is -1.83. The number of hydrogen-bond acceptors (Lipinski definition) is 3. The topological polar surface area (TPSA) is 90.2 Å². The highest BCUT2D eigenvalue weighted by atomic mass is 19.4. The van der Waals surface area contributed by atoms with E-state index in [2.05, 4.69) is 5.32 Å². The van der Waals surface area contributed by atoms with Gasteiger partial charge in [-0.3, -0.25) is 9.59 Å². The van der Waals surface area contributed by atoms with Gasteiger partial charge in [0, 0.05) is 12.1 Å². The smallest absolute Gasteiger partial charge is 0.417 e. The Bertz CT molecular complexity index is 968. The summed E-state index contributed by atoms with van der Waals surface area (Å²) in [7, 11) is 0. The minimum Gasteiger partial charge on any atom is -0.481 e. The molecule has 28 heavy (non-hydrogen) atoms. The number of amides is 1. The van der Waals surface area contributed by atoms with Gasteiger partial charge in [-0.2, -0.15) is 18.4 Å². The average molecular weight is 388 g/mol. The Kier molecular flexibility index (Phi) is 4.86. The van der Waals surface area contributed by atoms with Crippen LogP contribution in [0, 0.1) is 16.7 Å². The van der Waals surface area contributed by atoms with Crippen LogP contribution in [0.4, 0.5) is 18.9 Å². The molecule has 0 saturated carbocycles. The third kappa shape index (κ3) is 3.69. The second kappa shape index (κ2) is 7.00. The second-order valence-electron chi connectivity index (χ2n) is 6.80. The molecule has 144 valence electrons. The van der Waals surface area contributed by atoms with Crippen LogP contribution in [0.15, 0.2) is 42.5 Å². The quantitative estimate of drug-likeness (QED) is 0.834. The van der Waals surface area contributed by atoms with Crippen molar-refractivity contribution in [2.75, 3.05) is 5.32 Å². The van der Waals surface area contributed by atoms with E-state index in [0.29, 0.717) is 6.07 Å². The maximum atomic E-state index is 13.1. The molecule has 2 aromatic carbocycles. The van der Waals surface area contributed by atoms with Crippen LogP contribution in [0.2, 0.25) is 0 Å². The monoisotopic (exact) mass is 388 g/mol. The van der Waals surface area contributed by atoms with Gasteiger partial charge in [-0.25, -0.2) is 0 Å². The molecule has 0 spiro atoms. The Hall–Kier alpha value is -3.34. The molecule has 0 fully saturated rings. The number of hydrogen-bond donors (Lipinski definition) is 2. The number of nitriles is 1. The number of carboxylic acids is 1. The number of carbonyl (C=O) groups is 2. The van der Waals surface area contributed by atoms with Crippen molar-refractivity contribution in [2.24, 2.45) is 5.41 Å². The molecule has 1 amide bonds. The summed E-state index contributed by atoms with van der Waals surface area (Å²) in [6.45, 7) is 0. The van der Waals surface area contributed by atoms with Crippen LogP contribution in [-0.2, 0) is 28.6 Å². The van der Waals surface area contributed by atoms with Gasteiger partial charge in [0.15, 0.2) is 0 Å². The Labute approximate surface area is 158 Å². The van der Waals surface area contributed by atoms with Crippen LogP contribution in [0.5, 0.6) is 0 Å². The van der Waals surface area contributed by atoms with Crippen LogP contribution in [-0.4, -0.2) is 17.0 Å². The summed E-state index contributed by atoms with van der Waals surface area (Å²) >= 11 is 0. The molecule has 2 aromatic rings. The SMILES string of the molecule is N#Cc1ccc(NC(=O)CC2(C(=O)O)Cc3ccccc3C2)cc1C(F)(F)F. The van der Waals surface area contributed by atoms with E-state index in [1.807, 2.05) is 0 Å². The molecule has 0 aliphatic heterocycles. The molecule has 5 nitrogen and oxygen atoms in total. The third-order valence-corrected chi connectivity index (χ3v) is 4.86. The van der Waals surface area contributed by atoms with Crippen LogP contribution in [0.3, 0.4) is 0 Å². The van der Waals surface area contributed by atoms with Crippen molar-refractivity contribution in [1.82, 2.24) is 0 Å². The van der Waals surface area contributed by atoms with Crippen molar-refractivity contribution in [3.63, 3.8) is 0 Å². The highest BCUT2D eigenvalue weighted by molar-refractivity contribution is 5.95. The maximum absolute atomic E-state index is 13.1. The van der Waals surface area contributed by atoms with Gasteiger partial charge in [0.1, 0.15) is 0 Å². The minimum atomic E-state index is -4.75. The van der Waals surface area contributed by atoms with Crippen LogP contribution >= 0.6 is 0 Å². The van der Waals surface area contributed by atoms with Crippen molar-refractivity contribution < 1.29 is 27.9 Å². The van der Waals surface area contributed by atoms with E-state index in [4.69, 9.17) is 5.26 Å². The predicted molar refractivity (Wildman–Crippen MR) is 93.3 cm³/mol. The molecule has 0 atom stereocenters. The van der Waals surface area contributed by atoms with Gasteiger partial charge in [-0.05, 0) is 42.2 Å². The number of nitrogens with one attached hydrogen (secondary N) is 1. The molecule has 0 aromatic heterocycles. The first kappa shape index (κ1) is 19.4. The molecule has 2 N–H and O–H groups in total. The van der Waals surface area contributed by atoms with E-state index in [1.54, 1.807) is 24.3 Å². The van der Waals surface area contributed by atoms with Gasteiger partial charge in [0.05, 0.1) is 22.6 Å². The lowest BCUT2D eigenvalue weighted by atomic mass is 9.81. The second-order valence-corrected chi connectivity index (χ2v) is 6.80. The van der Waals surface area contributed by atoms with E-state index in [9.17, 15) is 27.9 Å². The normalized spacial score (nSPS) is 14.8. The Morgan fingerprint density at radius 1 is 1.14 bits per heavy atom. The number of aliphatic carboxylic acids is 1. The number of nitrogens with zero attached hydrogens (tertiary/aromatic N) is 1. The summed E-state index contributed by atoms with van der Waals surface area (Å²) < 4.78 is 39.2. The van der Waals surface area contributed by atoms with Crippen molar-refractivity contribution >= 4 is 17.6 Å². The number of anilines is 1. The van der Waals surface area contributed by atoms with E-state index < -0.39 is 34.6 Å². The third-order valence-electron chi connectivity index (χ3n) is 4.86. The van der Waals surface area contributed by atoms with Gasteiger partial charge in [0.2, 0.25) is 5.91 Å². The van der Waals surface area contributed by atoms with E-state index >= 15 is 0 Å². The predicted octanol–water partition coefficient (Wildman–Crippen LogP) is 3.78. The summed E-state index contributed by atoms with van der Waals surface area (Å²) in [6, 6.07) is 11.5. The van der Waals surface area contributed by atoms with Crippen LogP contribution < -0.4 is 5.32 Å². The number of halogens is 3. The standard InChI is InChI=1S/C20H15F3N2O3/c21-20(22,23)16-7-15(6-5-14(16)11-24)25-17(26)10-19(18(27)28)8-12-3-1-2-4-13(12)9-19/h1-7H,8-10H2,(H,25,26)(H,27,28). The molecule has 1 aliphatic carbocycles. The number of carbonyl (C=O) groups excluding carboxylic acids is 1. The summed E-state index contributed by atoms with van der Waals surface area (Å²) in [5.41, 5.74) is -1.52. The van der Waals surface area contributed by atoms with E-state index in [1.165, 1.54) is 12.1 Å². The minimum absolute atomic E-state index is 0.146. The lowest BCUT2D eigenvalue weighted by molar-refractivity contribution is -0.150. The fourth-order valence-corrected chi connectivity index (χ4v) is 3.51. The zero-order valence-electron chi connectivity index (χ0n) is 14.5. The highest BCUT2D eigenvalue weighted by Crippen LogP contribution is 2.40. The van der Waals surface area contributed by atoms with Gasteiger partial charge in [0.25, 0.3) is 0 Å². The molecule has 0 radical (unpaired) electrons. The zero-order valence-corrected chi connectivity index (χ0v) is 14.5. The number of benzene rings is 2. The lowest BCUT2D eigenvalue weighted by Crippen LogP contribution is -2.36.